The Balaban J connectivity index is 1.47. The van der Waals surface area contributed by atoms with Crippen molar-refractivity contribution in [2.24, 2.45) is 0 Å². The Kier molecular flexibility index (Phi) is 5.56. The fraction of sp³-hybridized carbons (Fsp3) is 0.0526. The number of amides is 1. The van der Waals surface area contributed by atoms with Gasteiger partial charge in [-0.15, -0.1) is 0 Å². The van der Waals surface area contributed by atoms with Crippen molar-refractivity contribution >= 4 is 61.2 Å². The van der Waals surface area contributed by atoms with E-state index in [2.05, 4.69) is 30.6 Å². The number of halogens is 1. The zero-order valence-electron chi connectivity index (χ0n) is 14.2. The van der Waals surface area contributed by atoms with Gasteiger partial charge in [-0.25, -0.2) is 0 Å². The summed E-state index contributed by atoms with van der Waals surface area (Å²) in [4.78, 5) is 29.0. The lowest BCUT2D eigenvalue weighted by Crippen LogP contribution is -2.14. The second-order valence-electron chi connectivity index (χ2n) is 5.73. The maximum absolute atomic E-state index is 12.4. The van der Waals surface area contributed by atoms with Crippen LogP contribution >= 0.6 is 39.2 Å². The number of rotatable bonds is 5. The van der Waals surface area contributed by atoms with Crippen molar-refractivity contribution < 1.29 is 9.21 Å². The van der Waals surface area contributed by atoms with E-state index in [9.17, 15) is 9.59 Å². The summed E-state index contributed by atoms with van der Waals surface area (Å²) in [5, 5.41) is 3.96. The first-order chi connectivity index (χ1) is 13.6. The second kappa shape index (κ2) is 8.26. The molecular weight excluding hydrogens is 462 g/mol. The minimum atomic E-state index is -0.544. The molecule has 6 nitrogen and oxygen atoms in total. The van der Waals surface area contributed by atoms with Crippen molar-refractivity contribution in [3.8, 4) is 0 Å². The first-order valence-corrected chi connectivity index (χ1v) is 10.7. The third-order valence-electron chi connectivity index (χ3n) is 3.75. The van der Waals surface area contributed by atoms with Crippen molar-refractivity contribution in [2.75, 3.05) is 5.32 Å². The van der Waals surface area contributed by atoms with Gasteiger partial charge in [-0.3, -0.25) is 14.9 Å². The topological polar surface area (TPSA) is 85.1 Å². The van der Waals surface area contributed by atoms with E-state index in [1.807, 2.05) is 30.3 Å². The normalized spacial score (nSPS) is 10.9. The van der Waals surface area contributed by atoms with E-state index in [4.69, 9.17) is 4.42 Å². The minimum Gasteiger partial charge on any atom is -0.451 e. The van der Waals surface area contributed by atoms with Crippen LogP contribution in [0.1, 0.15) is 16.1 Å². The quantitative estimate of drug-likeness (QED) is 0.412. The van der Waals surface area contributed by atoms with Crippen molar-refractivity contribution in [1.82, 2.24) is 9.36 Å². The second-order valence-corrected chi connectivity index (χ2v) is 8.34. The first kappa shape index (κ1) is 18.9. The number of aromatic nitrogens is 2. The molecule has 2 aromatic heterocycles. The molecule has 0 bridgehead atoms. The summed E-state index contributed by atoms with van der Waals surface area (Å²) in [7, 11) is 0. The third-order valence-corrected chi connectivity index (χ3v) is 5.91. The number of thioether (sulfide) groups is 1. The number of nitrogens with one attached hydrogen (secondary N) is 1. The van der Waals surface area contributed by atoms with Crippen LogP contribution in [0.3, 0.4) is 0 Å². The number of hydrogen-bond acceptors (Lipinski definition) is 7. The molecular formula is C19H12BrN3O3S2. The van der Waals surface area contributed by atoms with Crippen molar-refractivity contribution in [1.29, 1.82) is 0 Å². The van der Waals surface area contributed by atoms with Gasteiger partial charge in [-0.2, -0.15) is 9.36 Å². The molecule has 4 aromatic rings. The maximum Gasteiger partial charge on any atom is 0.293 e. The Labute approximate surface area is 176 Å². The third kappa shape index (κ3) is 4.32. The first-order valence-electron chi connectivity index (χ1n) is 8.14. The molecule has 4 rings (SSSR count). The standard InChI is InChI=1S/C19H12BrN3O3S2/c20-12-6-7-15-13(8-12)14(24)9-16(26-15)17(25)21-18-22-19(23-28-18)27-10-11-4-2-1-3-5-11/h1-9H,10H2,(H,21,22,23,25). The van der Waals surface area contributed by atoms with Crippen LogP contribution in [0, 0.1) is 0 Å². The van der Waals surface area contributed by atoms with Crippen LogP contribution in [-0.2, 0) is 5.75 Å². The van der Waals surface area contributed by atoms with Crippen LogP contribution in [-0.4, -0.2) is 15.3 Å². The summed E-state index contributed by atoms with van der Waals surface area (Å²) >= 11 is 5.87. The van der Waals surface area contributed by atoms with Crippen LogP contribution in [0.4, 0.5) is 5.13 Å². The summed E-state index contributed by atoms with van der Waals surface area (Å²) in [5.74, 6) is 0.117. The van der Waals surface area contributed by atoms with Gasteiger partial charge in [0.25, 0.3) is 5.91 Å². The molecule has 28 heavy (non-hydrogen) atoms. The zero-order chi connectivity index (χ0) is 19.5. The Morgan fingerprint density at radius 3 is 2.82 bits per heavy atom. The lowest BCUT2D eigenvalue weighted by molar-refractivity contribution is 0.0997. The van der Waals surface area contributed by atoms with Gasteiger partial charge < -0.3 is 4.42 Å². The molecule has 0 fully saturated rings. The molecule has 0 atom stereocenters. The summed E-state index contributed by atoms with van der Waals surface area (Å²) in [6.07, 6.45) is 0. The molecule has 0 aliphatic heterocycles. The lowest BCUT2D eigenvalue weighted by atomic mass is 10.2. The predicted molar refractivity (Wildman–Crippen MR) is 114 cm³/mol. The van der Waals surface area contributed by atoms with Gasteiger partial charge in [0.15, 0.2) is 11.2 Å². The Morgan fingerprint density at radius 2 is 2.00 bits per heavy atom. The summed E-state index contributed by atoms with van der Waals surface area (Å²) in [5.41, 5.74) is 1.22. The molecule has 2 aromatic carbocycles. The van der Waals surface area contributed by atoms with Gasteiger partial charge >= 0.3 is 0 Å². The Hall–Kier alpha value is -2.49. The van der Waals surface area contributed by atoms with Gasteiger partial charge in [-0.05, 0) is 23.8 Å². The Bertz CT molecular complexity index is 1210. The van der Waals surface area contributed by atoms with Gasteiger partial charge in [0.1, 0.15) is 5.58 Å². The van der Waals surface area contributed by atoms with Crippen LogP contribution in [0.5, 0.6) is 0 Å². The van der Waals surface area contributed by atoms with Gasteiger partial charge in [0.05, 0.1) is 5.39 Å². The average molecular weight is 474 g/mol. The van der Waals surface area contributed by atoms with E-state index < -0.39 is 5.91 Å². The smallest absolute Gasteiger partial charge is 0.293 e. The van der Waals surface area contributed by atoms with Crippen LogP contribution in [0.15, 0.2) is 73.4 Å². The molecule has 2 heterocycles. The maximum atomic E-state index is 12.4. The highest BCUT2D eigenvalue weighted by Gasteiger charge is 2.15. The monoisotopic (exact) mass is 473 g/mol. The van der Waals surface area contributed by atoms with Crippen molar-refractivity contribution in [3.63, 3.8) is 0 Å². The molecule has 1 amide bonds. The largest absolute Gasteiger partial charge is 0.451 e. The highest BCUT2D eigenvalue weighted by molar-refractivity contribution is 9.10. The number of carbonyl (C=O) groups is 1. The van der Waals surface area contributed by atoms with E-state index >= 15 is 0 Å². The van der Waals surface area contributed by atoms with Gasteiger partial charge in [0.2, 0.25) is 10.3 Å². The zero-order valence-corrected chi connectivity index (χ0v) is 17.4. The number of benzene rings is 2. The summed E-state index contributed by atoms with van der Waals surface area (Å²) in [6.45, 7) is 0. The van der Waals surface area contributed by atoms with Crippen molar-refractivity contribution in [3.05, 3.63) is 80.6 Å². The van der Waals surface area contributed by atoms with E-state index in [0.29, 0.717) is 21.3 Å². The van der Waals surface area contributed by atoms with Crippen LogP contribution < -0.4 is 10.7 Å². The minimum absolute atomic E-state index is 0.0755. The fourth-order valence-electron chi connectivity index (χ4n) is 2.44. The summed E-state index contributed by atoms with van der Waals surface area (Å²) < 4.78 is 10.6. The highest BCUT2D eigenvalue weighted by atomic mass is 79.9. The fourth-order valence-corrected chi connectivity index (χ4v) is 4.30. The van der Waals surface area contributed by atoms with Crippen LogP contribution in [0.2, 0.25) is 0 Å². The molecule has 0 saturated carbocycles. The summed E-state index contributed by atoms with van der Waals surface area (Å²) in [6, 6.07) is 16.2. The van der Waals surface area contributed by atoms with E-state index in [0.717, 1.165) is 27.3 Å². The number of fused-ring (bicyclic) bond motifs is 1. The van der Waals surface area contributed by atoms with E-state index in [1.54, 1.807) is 18.2 Å². The van der Waals surface area contributed by atoms with Crippen LogP contribution in [0.25, 0.3) is 11.0 Å². The predicted octanol–water partition coefficient (Wildman–Crippen LogP) is 4.95. The lowest BCUT2D eigenvalue weighted by Gasteiger charge is -2.03. The molecule has 1 N–H and O–H groups in total. The molecule has 140 valence electrons. The SMILES string of the molecule is O=C(Nc1nc(SCc2ccccc2)ns1)c1cc(=O)c2cc(Br)ccc2o1. The molecule has 0 saturated heterocycles. The molecule has 0 unspecified atom stereocenters. The number of nitrogens with zero attached hydrogens (tertiary/aromatic N) is 2. The average Bonchev–Trinajstić information content (AvgIpc) is 3.15. The number of carbonyl (C=O) groups excluding carboxylic acids is 1. The molecule has 0 radical (unpaired) electrons. The Morgan fingerprint density at radius 1 is 1.18 bits per heavy atom. The molecule has 0 aliphatic carbocycles. The number of hydrogen-bond donors (Lipinski definition) is 1. The van der Waals surface area contributed by atoms with E-state index in [1.165, 1.54) is 17.8 Å². The van der Waals surface area contributed by atoms with E-state index in [-0.39, 0.29) is 11.2 Å². The van der Waals surface area contributed by atoms with Gasteiger partial charge in [0, 0.05) is 27.8 Å². The number of anilines is 1. The molecule has 0 aliphatic rings. The van der Waals surface area contributed by atoms with Crippen molar-refractivity contribution in [2.45, 2.75) is 10.9 Å². The highest BCUT2D eigenvalue weighted by Crippen LogP contribution is 2.24. The van der Waals surface area contributed by atoms with Gasteiger partial charge in [-0.1, -0.05) is 58.0 Å². The molecule has 9 heteroatoms. The molecule has 0 spiro atoms.